The molecule has 0 spiro atoms. The molecule has 0 radical (unpaired) electrons. The van der Waals surface area contributed by atoms with E-state index in [0.717, 1.165) is 0 Å². The molecule has 0 aliphatic heterocycles. The molecule has 56 valence electrons. The van der Waals surface area contributed by atoms with Gasteiger partial charge in [-0.05, 0) is 12.1 Å². The zero-order chi connectivity index (χ0) is 8.27. The van der Waals surface area contributed by atoms with Crippen molar-refractivity contribution in [3.05, 3.63) is 35.1 Å². The Balaban J connectivity index is 3.27. The van der Waals surface area contributed by atoms with E-state index in [2.05, 4.69) is 0 Å². The standard InChI is InChI=1S/C8H5ClFN/c9-4-7-6(5-11)2-1-3-8(7)10/h1-3H,4H2. The van der Waals surface area contributed by atoms with Crippen molar-refractivity contribution in [1.82, 2.24) is 0 Å². The minimum absolute atomic E-state index is 0.0373. The highest BCUT2D eigenvalue weighted by Gasteiger charge is 2.04. The first-order chi connectivity index (χ1) is 5.29. The Morgan fingerprint density at radius 2 is 2.27 bits per heavy atom. The fourth-order valence-electron chi connectivity index (χ4n) is 0.799. The second kappa shape index (κ2) is 3.36. The highest BCUT2D eigenvalue weighted by Crippen LogP contribution is 2.14. The molecule has 1 aromatic rings. The van der Waals surface area contributed by atoms with Crippen LogP contribution in [0.5, 0.6) is 0 Å². The average molecular weight is 170 g/mol. The van der Waals surface area contributed by atoms with Gasteiger partial charge in [0.25, 0.3) is 0 Å². The Morgan fingerprint density at radius 3 is 2.73 bits per heavy atom. The van der Waals surface area contributed by atoms with Gasteiger partial charge in [-0.2, -0.15) is 5.26 Å². The average Bonchev–Trinajstić information content (AvgIpc) is 2.04. The highest BCUT2D eigenvalue weighted by molar-refractivity contribution is 6.17. The number of halogens is 2. The number of rotatable bonds is 1. The first-order valence-electron chi connectivity index (χ1n) is 3.03. The van der Waals surface area contributed by atoms with Crippen molar-refractivity contribution in [2.24, 2.45) is 0 Å². The summed E-state index contributed by atoms with van der Waals surface area (Å²) in [6.45, 7) is 0. The maximum Gasteiger partial charge on any atom is 0.128 e. The molecule has 0 saturated carbocycles. The summed E-state index contributed by atoms with van der Waals surface area (Å²) in [6.07, 6.45) is 0. The third-order valence-electron chi connectivity index (χ3n) is 1.37. The van der Waals surface area contributed by atoms with E-state index in [9.17, 15) is 4.39 Å². The van der Waals surface area contributed by atoms with E-state index in [1.54, 1.807) is 6.07 Å². The van der Waals surface area contributed by atoms with Crippen LogP contribution < -0.4 is 0 Å². The third-order valence-corrected chi connectivity index (χ3v) is 1.64. The van der Waals surface area contributed by atoms with Crippen molar-refractivity contribution in [3.8, 4) is 6.07 Å². The van der Waals surface area contributed by atoms with Crippen LogP contribution in [0.15, 0.2) is 18.2 Å². The Morgan fingerprint density at radius 1 is 1.55 bits per heavy atom. The highest BCUT2D eigenvalue weighted by atomic mass is 35.5. The van der Waals surface area contributed by atoms with E-state index in [4.69, 9.17) is 16.9 Å². The molecule has 1 aromatic carbocycles. The molecule has 0 N–H and O–H groups in total. The van der Waals surface area contributed by atoms with Gasteiger partial charge < -0.3 is 0 Å². The van der Waals surface area contributed by atoms with Crippen molar-refractivity contribution in [2.75, 3.05) is 0 Å². The van der Waals surface area contributed by atoms with Gasteiger partial charge in [0.05, 0.1) is 17.5 Å². The number of hydrogen-bond donors (Lipinski definition) is 0. The first kappa shape index (κ1) is 8.03. The van der Waals surface area contributed by atoms with E-state index < -0.39 is 5.82 Å². The van der Waals surface area contributed by atoms with E-state index in [-0.39, 0.29) is 11.4 Å². The monoisotopic (exact) mass is 169 g/mol. The Labute approximate surface area is 69.0 Å². The van der Waals surface area contributed by atoms with Crippen molar-refractivity contribution < 1.29 is 4.39 Å². The molecule has 0 bridgehead atoms. The summed E-state index contributed by atoms with van der Waals surface area (Å²) in [5.41, 5.74) is 0.580. The molecule has 1 nitrogen and oxygen atoms in total. The Kier molecular flexibility index (Phi) is 2.45. The fourth-order valence-corrected chi connectivity index (χ4v) is 1.07. The molecular weight excluding hydrogens is 165 g/mol. The van der Waals surface area contributed by atoms with Gasteiger partial charge in [0, 0.05) is 5.56 Å². The lowest BCUT2D eigenvalue weighted by molar-refractivity contribution is 0.616. The molecule has 0 aromatic heterocycles. The lowest BCUT2D eigenvalue weighted by atomic mass is 10.1. The molecule has 0 heterocycles. The number of nitrogens with zero attached hydrogens (tertiary/aromatic N) is 1. The maximum atomic E-state index is 12.8. The van der Waals surface area contributed by atoms with Gasteiger partial charge in [-0.25, -0.2) is 4.39 Å². The molecule has 3 heteroatoms. The summed E-state index contributed by atoms with van der Waals surface area (Å²) in [6, 6.07) is 6.19. The number of alkyl halides is 1. The molecule has 0 saturated heterocycles. The molecule has 1 rings (SSSR count). The molecule has 0 amide bonds. The quantitative estimate of drug-likeness (QED) is 0.593. The third kappa shape index (κ3) is 1.50. The summed E-state index contributed by atoms with van der Waals surface area (Å²) in [5, 5.41) is 8.50. The molecule has 0 aliphatic carbocycles. The van der Waals surface area contributed by atoms with Gasteiger partial charge in [-0.15, -0.1) is 11.6 Å². The second-order valence-corrected chi connectivity index (χ2v) is 2.28. The van der Waals surface area contributed by atoms with Crippen molar-refractivity contribution in [2.45, 2.75) is 5.88 Å². The molecule has 0 unspecified atom stereocenters. The van der Waals surface area contributed by atoms with Crippen molar-refractivity contribution >= 4 is 11.6 Å². The zero-order valence-corrected chi connectivity index (χ0v) is 6.40. The van der Waals surface area contributed by atoms with Crippen LogP contribution >= 0.6 is 11.6 Å². The minimum atomic E-state index is -0.418. The van der Waals surface area contributed by atoms with Gasteiger partial charge in [0.2, 0.25) is 0 Å². The molecule has 0 atom stereocenters. The van der Waals surface area contributed by atoms with Crippen LogP contribution in [-0.4, -0.2) is 0 Å². The van der Waals surface area contributed by atoms with Gasteiger partial charge in [0.15, 0.2) is 0 Å². The van der Waals surface area contributed by atoms with E-state index in [0.29, 0.717) is 5.56 Å². The Hall–Kier alpha value is -1.07. The molecule has 0 aliphatic rings. The molecule has 0 fully saturated rings. The fraction of sp³-hybridized carbons (Fsp3) is 0.125. The van der Waals surface area contributed by atoms with Gasteiger partial charge in [0.1, 0.15) is 5.82 Å². The van der Waals surface area contributed by atoms with E-state index >= 15 is 0 Å². The SMILES string of the molecule is N#Cc1cccc(F)c1CCl. The lowest BCUT2D eigenvalue weighted by Crippen LogP contribution is -1.90. The van der Waals surface area contributed by atoms with Gasteiger partial charge in [-0.3, -0.25) is 0 Å². The van der Waals surface area contributed by atoms with E-state index in [1.807, 2.05) is 6.07 Å². The normalized spacial score (nSPS) is 9.18. The first-order valence-corrected chi connectivity index (χ1v) is 3.56. The van der Waals surface area contributed by atoms with Crippen LogP contribution in [0, 0.1) is 17.1 Å². The van der Waals surface area contributed by atoms with Crippen LogP contribution in [0.2, 0.25) is 0 Å². The summed E-state index contributed by atoms with van der Waals surface area (Å²) in [5.74, 6) is -0.380. The largest absolute Gasteiger partial charge is 0.207 e. The topological polar surface area (TPSA) is 23.8 Å². The van der Waals surface area contributed by atoms with Crippen LogP contribution in [0.3, 0.4) is 0 Å². The minimum Gasteiger partial charge on any atom is -0.207 e. The number of nitriles is 1. The van der Waals surface area contributed by atoms with Crippen LogP contribution in [0.4, 0.5) is 4.39 Å². The van der Waals surface area contributed by atoms with Gasteiger partial charge >= 0.3 is 0 Å². The Bertz CT molecular complexity index is 303. The maximum absolute atomic E-state index is 12.8. The predicted molar refractivity (Wildman–Crippen MR) is 40.7 cm³/mol. The predicted octanol–water partition coefficient (Wildman–Crippen LogP) is 2.44. The smallest absolute Gasteiger partial charge is 0.128 e. The van der Waals surface area contributed by atoms with Crippen molar-refractivity contribution in [3.63, 3.8) is 0 Å². The molecule has 11 heavy (non-hydrogen) atoms. The number of benzene rings is 1. The van der Waals surface area contributed by atoms with Gasteiger partial charge in [-0.1, -0.05) is 6.07 Å². The van der Waals surface area contributed by atoms with E-state index in [1.165, 1.54) is 12.1 Å². The van der Waals surface area contributed by atoms with Crippen LogP contribution in [-0.2, 0) is 5.88 Å². The van der Waals surface area contributed by atoms with Crippen LogP contribution in [0.1, 0.15) is 11.1 Å². The second-order valence-electron chi connectivity index (χ2n) is 2.01. The molecular formula is C8H5ClFN. The summed E-state index contributed by atoms with van der Waals surface area (Å²) < 4.78 is 12.8. The summed E-state index contributed by atoms with van der Waals surface area (Å²) in [4.78, 5) is 0. The van der Waals surface area contributed by atoms with Crippen LogP contribution in [0.25, 0.3) is 0 Å². The summed E-state index contributed by atoms with van der Waals surface area (Å²) in [7, 11) is 0. The zero-order valence-electron chi connectivity index (χ0n) is 5.64. The summed E-state index contributed by atoms with van der Waals surface area (Å²) >= 11 is 5.42. The lowest BCUT2D eigenvalue weighted by Gasteiger charge is -1.98. The van der Waals surface area contributed by atoms with Crippen molar-refractivity contribution in [1.29, 1.82) is 5.26 Å². The number of hydrogen-bond acceptors (Lipinski definition) is 1.